The molecule has 0 saturated carbocycles. The Kier molecular flexibility index (Phi) is 3.78. The summed E-state index contributed by atoms with van der Waals surface area (Å²) < 4.78 is 0. The molecule has 0 radical (unpaired) electrons. The van der Waals surface area contributed by atoms with E-state index in [0.717, 1.165) is 24.7 Å². The van der Waals surface area contributed by atoms with Gasteiger partial charge in [0.1, 0.15) is 0 Å². The normalized spacial score (nSPS) is 20.2. The summed E-state index contributed by atoms with van der Waals surface area (Å²) in [5.41, 5.74) is 3.63. The van der Waals surface area contributed by atoms with Crippen molar-refractivity contribution in [3.63, 3.8) is 0 Å². The predicted octanol–water partition coefficient (Wildman–Crippen LogP) is 2.47. The van der Waals surface area contributed by atoms with Crippen LogP contribution in [0.15, 0.2) is 12.2 Å². The molecule has 88 valence electrons. The van der Waals surface area contributed by atoms with Crippen molar-refractivity contribution >= 4 is 0 Å². The van der Waals surface area contributed by atoms with Crippen LogP contribution in [0.25, 0.3) is 0 Å². The molecule has 0 amide bonds. The second kappa shape index (κ2) is 5.30. The fourth-order valence-corrected chi connectivity index (χ4v) is 2.28. The van der Waals surface area contributed by atoms with Gasteiger partial charge in [-0.05, 0) is 45.6 Å². The molecule has 16 heavy (non-hydrogen) atoms. The number of rotatable bonds is 4. The molecule has 1 aromatic heterocycles. The van der Waals surface area contributed by atoms with Gasteiger partial charge in [-0.25, -0.2) is 0 Å². The van der Waals surface area contributed by atoms with Crippen molar-refractivity contribution in [3.8, 4) is 0 Å². The highest BCUT2D eigenvalue weighted by atomic mass is 15.1. The molecule has 3 heteroatoms. The lowest BCUT2D eigenvalue weighted by molar-refractivity contribution is 0.440. The minimum atomic E-state index is 0.817. The highest BCUT2D eigenvalue weighted by Gasteiger charge is 2.10. The Morgan fingerprint density at radius 2 is 2.31 bits per heavy atom. The predicted molar refractivity (Wildman–Crippen MR) is 66.2 cm³/mol. The fourth-order valence-electron chi connectivity index (χ4n) is 2.28. The van der Waals surface area contributed by atoms with E-state index >= 15 is 0 Å². The van der Waals surface area contributed by atoms with Crippen molar-refractivity contribution in [2.24, 2.45) is 5.92 Å². The van der Waals surface area contributed by atoms with Crippen LogP contribution in [0.1, 0.15) is 36.2 Å². The molecule has 0 saturated heterocycles. The standard InChI is InChI=1S/C13H21N3/c1-10-13(11(2)16-15-10)9-14-8-12-6-4-3-5-7-12/h3-4,12,14H,5-9H2,1-2H3,(H,15,16)/t12-/m1/s1. The van der Waals surface area contributed by atoms with E-state index in [4.69, 9.17) is 0 Å². The number of aromatic nitrogens is 2. The highest BCUT2D eigenvalue weighted by molar-refractivity contribution is 5.22. The van der Waals surface area contributed by atoms with Gasteiger partial charge in [-0.2, -0.15) is 5.10 Å². The molecule has 2 N–H and O–H groups in total. The number of nitrogens with zero attached hydrogens (tertiary/aromatic N) is 1. The van der Waals surface area contributed by atoms with Gasteiger partial charge in [0.25, 0.3) is 0 Å². The topological polar surface area (TPSA) is 40.7 Å². The van der Waals surface area contributed by atoms with Crippen LogP contribution in [0, 0.1) is 19.8 Å². The molecule has 2 rings (SSSR count). The third kappa shape index (κ3) is 2.73. The summed E-state index contributed by atoms with van der Waals surface area (Å²) in [7, 11) is 0. The SMILES string of the molecule is Cc1n[nH]c(C)c1CNC[C@@H]1CC=CCC1. The van der Waals surface area contributed by atoms with Crippen LogP contribution in [0.3, 0.4) is 0 Å². The van der Waals surface area contributed by atoms with Crippen molar-refractivity contribution in [2.75, 3.05) is 6.54 Å². The van der Waals surface area contributed by atoms with Gasteiger partial charge in [0, 0.05) is 17.8 Å². The van der Waals surface area contributed by atoms with Crippen molar-refractivity contribution in [1.82, 2.24) is 15.5 Å². The molecule has 0 aliphatic heterocycles. The van der Waals surface area contributed by atoms with Crippen LogP contribution in [0.5, 0.6) is 0 Å². The van der Waals surface area contributed by atoms with Gasteiger partial charge in [0.15, 0.2) is 0 Å². The summed E-state index contributed by atoms with van der Waals surface area (Å²) >= 11 is 0. The van der Waals surface area contributed by atoms with Gasteiger partial charge in [0.05, 0.1) is 5.69 Å². The molecular formula is C13H21N3. The molecule has 1 aliphatic rings. The van der Waals surface area contributed by atoms with E-state index in [1.54, 1.807) is 0 Å². The van der Waals surface area contributed by atoms with Gasteiger partial charge < -0.3 is 5.32 Å². The maximum atomic E-state index is 4.21. The Bertz CT molecular complexity index is 346. The Morgan fingerprint density at radius 3 is 2.94 bits per heavy atom. The lowest BCUT2D eigenvalue weighted by atomic mass is 9.94. The van der Waals surface area contributed by atoms with E-state index in [2.05, 4.69) is 41.5 Å². The van der Waals surface area contributed by atoms with Gasteiger partial charge in [-0.1, -0.05) is 12.2 Å². The zero-order valence-electron chi connectivity index (χ0n) is 10.2. The second-order valence-electron chi connectivity index (χ2n) is 4.69. The summed E-state index contributed by atoms with van der Waals surface area (Å²) in [6.45, 7) is 6.20. The van der Waals surface area contributed by atoms with Crippen LogP contribution < -0.4 is 5.32 Å². The van der Waals surface area contributed by atoms with E-state index in [9.17, 15) is 0 Å². The molecule has 0 bridgehead atoms. The summed E-state index contributed by atoms with van der Waals surface area (Å²) in [6, 6.07) is 0. The largest absolute Gasteiger partial charge is 0.312 e. The van der Waals surface area contributed by atoms with Gasteiger partial charge in [-0.3, -0.25) is 5.10 Å². The molecule has 0 fully saturated rings. The maximum absolute atomic E-state index is 4.21. The molecule has 1 atom stereocenters. The van der Waals surface area contributed by atoms with Crippen LogP contribution in [-0.4, -0.2) is 16.7 Å². The molecule has 1 aliphatic carbocycles. The van der Waals surface area contributed by atoms with E-state index in [0.29, 0.717) is 0 Å². The molecular weight excluding hydrogens is 198 g/mol. The highest BCUT2D eigenvalue weighted by Crippen LogP contribution is 2.17. The van der Waals surface area contributed by atoms with Gasteiger partial charge in [0.2, 0.25) is 0 Å². The van der Waals surface area contributed by atoms with Crippen molar-refractivity contribution in [3.05, 3.63) is 29.1 Å². The lowest BCUT2D eigenvalue weighted by Gasteiger charge is -2.18. The number of aromatic amines is 1. The van der Waals surface area contributed by atoms with E-state index in [1.807, 2.05) is 0 Å². The average Bonchev–Trinajstić information content (AvgIpc) is 2.62. The van der Waals surface area contributed by atoms with Crippen LogP contribution in [0.4, 0.5) is 0 Å². The molecule has 1 heterocycles. The first-order chi connectivity index (χ1) is 7.77. The first-order valence-electron chi connectivity index (χ1n) is 6.13. The number of H-pyrrole nitrogens is 1. The first-order valence-corrected chi connectivity index (χ1v) is 6.13. The zero-order chi connectivity index (χ0) is 11.4. The third-order valence-corrected chi connectivity index (χ3v) is 3.39. The Morgan fingerprint density at radius 1 is 1.44 bits per heavy atom. The number of allylic oxidation sites excluding steroid dienone is 2. The third-order valence-electron chi connectivity index (χ3n) is 3.39. The second-order valence-corrected chi connectivity index (χ2v) is 4.69. The van der Waals surface area contributed by atoms with Crippen LogP contribution in [-0.2, 0) is 6.54 Å². The molecule has 0 aromatic carbocycles. The Labute approximate surface area is 97.3 Å². The minimum Gasteiger partial charge on any atom is -0.312 e. The maximum Gasteiger partial charge on any atom is 0.0638 e. The number of nitrogens with one attached hydrogen (secondary N) is 2. The average molecular weight is 219 g/mol. The van der Waals surface area contributed by atoms with Crippen molar-refractivity contribution < 1.29 is 0 Å². The minimum absolute atomic E-state index is 0.817. The van der Waals surface area contributed by atoms with Crippen LogP contribution >= 0.6 is 0 Å². The quantitative estimate of drug-likeness (QED) is 0.764. The molecule has 0 unspecified atom stereocenters. The number of hydrogen-bond acceptors (Lipinski definition) is 2. The van der Waals surface area contributed by atoms with Crippen molar-refractivity contribution in [2.45, 2.75) is 39.7 Å². The lowest BCUT2D eigenvalue weighted by Crippen LogP contribution is -2.23. The van der Waals surface area contributed by atoms with E-state index in [-0.39, 0.29) is 0 Å². The summed E-state index contributed by atoms with van der Waals surface area (Å²) in [6.07, 6.45) is 8.41. The van der Waals surface area contributed by atoms with Crippen LogP contribution in [0.2, 0.25) is 0 Å². The van der Waals surface area contributed by atoms with Crippen molar-refractivity contribution in [1.29, 1.82) is 0 Å². The fraction of sp³-hybridized carbons (Fsp3) is 0.615. The summed E-state index contributed by atoms with van der Waals surface area (Å²) in [5.74, 6) is 0.817. The zero-order valence-corrected chi connectivity index (χ0v) is 10.2. The number of aryl methyl sites for hydroxylation is 2. The molecule has 0 spiro atoms. The summed E-state index contributed by atoms with van der Waals surface area (Å²) in [4.78, 5) is 0. The van der Waals surface area contributed by atoms with Gasteiger partial charge in [-0.15, -0.1) is 0 Å². The van der Waals surface area contributed by atoms with E-state index in [1.165, 1.54) is 30.5 Å². The van der Waals surface area contributed by atoms with E-state index < -0.39 is 0 Å². The summed E-state index contributed by atoms with van der Waals surface area (Å²) in [5, 5.41) is 10.8. The molecule has 3 nitrogen and oxygen atoms in total. The Balaban J connectivity index is 1.77. The Hall–Kier alpha value is -1.09. The smallest absolute Gasteiger partial charge is 0.0638 e. The first kappa shape index (κ1) is 11.4. The molecule has 1 aromatic rings. The number of hydrogen-bond donors (Lipinski definition) is 2. The monoisotopic (exact) mass is 219 g/mol. The van der Waals surface area contributed by atoms with Gasteiger partial charge >= 0.3 is 0 Å².